The van der Waals surface area contributed by atoms with E-state index >= 15 is 0 Å². The Hall–Kier alpha value is -1.57. The summed E-state index contributed by atoms with van der Waals surface area (Å²) in [5.41, 5.74) is 0.958. The fourth-order valence-electron chi connectivity index (χ4n) is 1.47. The van der Waals surface area contributed by atoms with Gasteiger partial charge < -0.3 is 4.98 Å². The molecule has 102 valence electrons. The third-order valence-electron chi connectivity index (χ3n) is 2.37. The standard InChI is InChI=1S/C9H7NO.C5H12.C2H6.H2/c11-9-5-6-10-8-4-2-1-3-7(8)9;1-3-5-4-2;1-2;/h1-6H,(H,10,11);3-5H2,1-2H3;1-2H3;1H. The third-order valence-corrected chi connectivity index (χ3v) is 2.37. The monoisotopic (exact) mass is 249 g/mol. The highest BCUT2D eigenvalue weighted by molar-refractivity contribution is 5.77. The number of aromatic nitrogens is 1. The van der Waals surface area contributed by atoms with Crippen LogP contribution in [0.25, 0.3) is 10.9 Å². The van der Waals surface area contributed by atoms with Crippen molar-refractivity contribution in [3.63, 3.8) is 0 Å². The highest BCUT2D eigenvalue weighted by Crippen LogP contribution is 2.03. The molecule has 0 saturated heterocycles. The molecule has 0 atom stereocenters. The molecular weight excluding hydrogens is 222 g/mol. The number of nitrogens with one attached hydrogen (secondary N) is 1. The Labute approximate surface area is 112 Å². The van der Waals surface area contributed by atoms with E-state index in [1.807, 2.05) is 38.1 Å². The summed E-state index contributed by atoms with van der Waals surface area (Å²) in [6, 6.07) is 8.99. The first kappa shape index (κ1) is 16.4. The van der Waals surface area contributed by atoms with Crippen molar-refractivity contribution in [3.8, 4) is 0 Å². The van der Waals surface area contributed by atoms with E-state index in [0.29, 0.717) is 0 Å². The Morgan fingerprint density at radius 3 is 2.17 bits per heavy atom. The van der Waals surface area contributed by atoms with Crippen LogP contribution in [0.15, 0.2) is 41.3 Å². The Kier molecular flexibility index (Phi) is 9.65. The molecule has 0 spiro atoms. The molecule has 2 nitrogen and oxygen atoms in total. The largest absolute Gasteiger partial charge is 0.361 e. The molecule has 1 aromatic heterocycles. The molecule has 1 heterocycles. The van der Waals surface area contributed by atoms with Gasteiger partial charge in [0.25, 0.3) is 0 Å². The lowest BCUT2D eigenvalue weighted by Gasteiger charge is -1.92. The molecule has 0 amide bonds. The van der Waals surface area contributed by atoms with Gasteiger partial charge in [0.15, 0.2) is 5.43 Å². The van der Waals surface area contributed by atoms with Crippen molar-refractivity contribution >= 4 is 10.9 Å². The van der Waals surface area contributed by atoms with Gasteiger partial charge in [-0.2, -0.15) is 0 Å². The van der Waals surface area contributed by atoms with E-state index in [1.54, 1.807) is 6.20 Å². The van der Waals surface area contributed by atoms with Gasteiger partial charge in [-0.3, -0.25) is 4.79 Å². The van der Waals surface area contributed by atoms with E-state index in [0.717, 1.165) is 10.9 Å². The van der Waals surface area contributed by atoms with Crippen LogP contribution >= 0.6 is 0 Å². The third kappa shape index (κ3) is 5.67. The second-order valence-corrected chi connectivity index (χ2v) is 3.74. The first-order valence-electron chi connectivity index (χ1n) is 6.86. The van der Waals surface area contributed by atoms with Gasteiger partial charge in [-0.15, -0.1) is 0 Å². The molecule has 18 heavy (non-hydrogen) atoms. The van der Waals surface area contributed by atoms with E-state index in [1.165, 1.54) is 25.3 Å². The fraction of sp³-hybridized carbons (Fsp3) is 0.438. The average Bonchev–Trinajstić information content (AvgIpc) is 2.43. The number of unbranched alkanes of at least 4 members (excludes halogenated alkanes) is 2. The minimum absolute atomic E-state index is 0. The second-order valence-electron chi connectivity index (χ2n) is 3.74. The summed E-state index contributed by atoms with van der Waals surface area (Å²) in [7, 11) is 0. The Morgan fingerprint density at radius 1 is 1.06 bits per heavy atom. The summed E-state index contributed by atoms with van der Waals surface area (Å²) in [6.45, 7) is 8.42. The predicted octanol–water partition coefficient (Wildman–Crippen LogP) is 5.00. The van der Waals surface area contributed by atoms with Crippen molar-refractivity contribution in [2.24, 2.45) is 0 Å². The van der Waals surface area contributed by atoms with Crippen molar-refractivity contribution in [3.05, 3.63) is 46.8 Å². The van der Waals surface area contributed by atoms with Gasteiger partial charge in [0, 0.05) is 24.6 Å². The number of rotatable bonds is 2. The number of H-pyrrole nitrogens is 1. The molecule has 2 heteroatoms. The van der Waals surface area contributed by atoms with Crippen molar-refractivity contribution in [1.29, 1.82) is 0 Å². The van der Waals surface area contributed by atoms with E-state index in [4.69, 9.17) is 0 Å². The van der Waals surface area contributed by atoms with E-state index in [-0.39, 0.29) is 6.86 Å². The quantitative estimate of drug-likeness (QED) is 0.798. The summed E-state index contributed by atoms with van der Waals surface area (Å²) >= 11 is 0. The van der Waals surface area contributed by atoms with Gasteiger partial charge in [-0.25, -0.2) is 0 Å². The summed E-state index contributed by atoms with van der Waals surface area (Å²) in [5, 5.41) is 0.745. The number of aromatic amines is 1. The van der Waals surface area contributed by atoms with Crippen LogP contribution in [-0.4, -0.2) is 4.98 Å². The van der Waals surface area contributed by atoms with Crippen LogP contribution in [0.5, 0.6) is 0 Å². The van der Waals surface area contributed by atoms with Gasteiger partial charge in [0.1, 0.15) is 0 Å². The number of benzene rings is 1. The highest BCUT2D eigenvalue weighted by atomic mass is 16.1. The van der Waals surface area contributed by atoms with Gasteiger partial charge >= 0.3 is 0 Å². The summed E-state index contributed by atoms with van der Waals surface area (Å²) in [4.78, 5) is 14.2. The Balaban J connectivity index is 0. The molecule has 0 aliphatic heterocycles. The molecule has 0 saturated carbocycles. The maximum absolute atomic E-state index is 11.2. The summed E-state index contributed by atoms with van der Waals surface area (Å²) < 4.78 is 0. The minimum Gasteiger partial charge on any atom is -0.361 e. The lowest BCUT2D eigenvalue weighted by molar-refractivity contribution is 0.772. The topological polar surface area (TPSA) is 32.9 Å². The highest BCUT2D eigenvalue weighted by Gasteiger charge is 1.92. The number of hydrogen-bond acceptors (Lipinski definition) is 1. The van der Waals surface area contributed by atoms with Crippen LogP contribution < -0.4 is 5.43 Å². The van der Waals surface area contributed by atoms with Gasteiger partial charge in [-0.1, -0.05) is 59.1 Å². The molecule has 1 N–H and O–H groups in total. The molecule has 1 aromatic carbocycles. The SMILES string of the molecule is CC.CCCCC.O=c1cc[nH]c2ccccc12.[HH]. The first-order chi connectivity index (χ1) is 8.79. The molecule has 0 unspecified atom stereocenters. The van der Waals surface area contributed by atoms with Crippen LogP contribution in [0.4, 0.5) is 0 Å². The number of pyridine rings is 1. The molecule has 2 aromatic rings. The van der Waals surface area contributed by atoms with Crippen molar-refractivity contribution < 1.29 is 1.43 Å². The molecule has 0 fully saturated rings. The van der Waals surface area contributed by atoms with Crippen LogP contribution in [-0.2, 0) is 0 Å². The number of hydrogen-bond donors (Lipinski definition) is 1. The van der Waals surface area contributed by atoms with Crippen LogP contribution in [0.2, 0.25) is 0 Å². The molecule has 0 radical (unpaired) electrons. The Morgan fingerprint density at radius 2 is 1.67 bits per heavy atom. The van der Waals surface area contributed by atoms with Crippen molar-refractivity contribution in [2.45, 2.75) is 47.0 Å². The molecular formula is C16H27NO. The number of fused-ring (bicyclic) bond motifs is 1. The first-order valence-corrected chi connectivity index (χ1v) is 6.86. The lowest BCUT2D eigenvalue weighted by atomic mass is 10.2. The normalized spacial score (nSPS) is 8.89. The van der Waals surface area contributed by atoms with Crippen LogP contribution in [0.3, 0.4) is 0 Å². The fourth-order valence-corrected chi connectivity index (χ4v) is 1.47. The molecule has 0 aliphatic rings. The maximum Gasteiger partial charge on any atom is 0.189 e. The van der Waals surface area contributed by atoms with Gasteiger partial charge in [0.05, 0.1) is 0 Å². The molecule has 0 aliphatic carbocycles. The van der Waals surface area contributed by atoms with E-state index in [9.17, 15) is 4.79 Å². The average molecular weight is 249 g/mol. The van der Waals surface area contributed by atoms with Crippen molar-refractivity contribution in [1.82, 2.24) is 4.98 Å². The van der Waals surface area contributed by atoms with E-state index < -0.39 is 0 Å². The van der Waals surface area contributed by atoms with Crippen LogP contribution in [0.1, 0.15) is 48.4 Å². The van der Waals surface area contributed by atoms with Gasteiger partial charge in [0.2, 0.25) is 0 Å². The van der Waals surface area contributed by atoms with Crippen LogP contribution in [0, 0.1) is 0 Å². The zero-order valence-corrected chi connectivity index (χ0v) is 12.0. The lowest BCUT2D eigenvalue weighted by Crippen LogP contribution is -1.98. The summed E-state index contributed by atoms with van der Waals surface area (Å²) in [6.07, 6.45) is 5.73. The maximum atomic E-state index is 11.2. The molecule has 2 rings (SSSR count). The van der Waals surface area contributed by atoms with Gasteiger partial charge in [-0.05, 0) is 12.1 Å². The zero-order valence-electron chi connectivity index (χ0n) is 12.0. The second kappa shape index (κ2) is 10.6. The smallest absolute Gasteiger partial charge is 0.189 e. The molecule has 0 bridgehead atoms. The number of para-hydroxylation sites is 1. The minimum atomic E-state index is 0. The predicted molar refractivity (Wildman–Crippen MR) is 83.2 cm³/mol. The Bertz CT molecular complexity index is 472. The van der Waals surface area contributed by atoms with E-state index in [2.05, 4.69) is 18.8 Å². The van der Waals surface area contributed by atoms with Crippen molar-refractivity contribution in [2.75, 3.05) is 0 Å². The summed E-state index contributed by atoms with van der Waals surface area (Å²) in [5.74, 6) is 0. The zero-order chi connectivity index (χ0) is 13.8.